The standard InChI is InChI=1S/C22H24N4O/c1-4-16-7-5-6-8-20(16)24-18-13-14-23-21(15-18)22(27)25-17-9-11-19(12-10-17)26(2)3/h5-15H,4H2,1-3H3,(H,23,24)(H,25,27). The van der Waals surface area contributed by atoms with Crippen molar-refractivity contribution in [2.45, 2.75) is 13.3 Å². The molecule has 0 aliphatic heterocycles. The number of carbonyl (C=O) groups is 1. The van der Waals surface area contributed by atoms with Crippen LogP contribution in [0.25, 0.3) is 0 Å². The SMILES string of the molecule is CCc1ccccc1Nc1ccnc(C(=O)Nc2ccc(N(C)C)cc2)c1. The molecular formula is C22H24N4O. The minimum absolute atomic E-state index is 0.236. The first-order chi connectivity index (χ1) is 13.1. The van der Waals surface area contributed by atoms with Gasteiger partial charge in [0.25, 0.3) is 5.91 Å². The average molecular weight is 360 g/mol. The van der Waals surface area contributed by atoms with Crippen molar-refractivity contribution in [1.29, 1.82) is 0 Å². The van der Waals surface area contributed by atoms with E-state index in [1.807, 2.05) is 67.5 Å². The van der Waals surface area contributed by atoms with Gasteiger partial charge >= 0.3 is 0 Å². The molecule has 5 heteroatoms. The summed E-state index contributed by atoms with van der Waals surface area (Å²) in [5.74, 6) is -0.236. The first-order valence-electron chi connectivity index (χ1n) is 8.96. The van der Waals surface area contributed by atoms with Crippen LogP contribution in [0.15, 0.2) is 66.9 Å². The Morgan fingerprint density at radius 2 is 1.74 bits per heavy atom. The Balaban J connectivity index is 1.73. The number of amides is 1. The van der Waals surface area contributed by atoms with Gasteiger partial charge in [-0.05, 0) is 54.4 Å². The smallest absolute Gasteiger partial charge is 0.274 e. The van der Waals surface area contributed by atoms with Gasteiger partial charge in [-0.15, -0.1) is 0 Å². The lowest BCUT2D eigenvalue weighted by Gasteiger charge is -2.13. The van der Waals surface area contributed by atoms with Gasteiger partial charge in [-0.3, -0.25) is 9.78 Å². The molecule has 1 heterocycles. The Hall–Kier alpha value is -3.34. The van der Waals surface area contributed by atoms with Crippen LogP contribution < -0.4 is 15.5 Å². The number of para-hydroxylation sites is 1. The Bertz CT molecular complexity index is 920. The van der Waals surface area contributed by atoms with Gasteiger partial charge < -0.3 is 15.5 Å². The summed E-state index contributed by atoms with van der Waals surface area (Å²) >= 11 is 0. The molecule has 3 aromatic rings. The first-order valence-corrected chi connectivity index (χ1v) is 8.96. The molecule has 0 aliphatic rings. The van der Waals surface area contributed by atoms with Crippen LogP contribution in [-0.4, -0.2) is 25.0 Å². The molecule has 0 atom stereocenters. The molecule has 2 N–H and O–H groups in total. The third kappa shape index (κ3) is 4.64. The summed E-state index contributed by atoms with van der Waals surface area (Å²) in [4.78, 5) is 18.8. The molecule has 1 amide bonds. The van der Waals surface area contributed by atoms with Crippen LogP contribution in [0.5, 0.6) is 0 Å². The van der Waals surface area contributed by atoms with Gasteiger partial charge in [0.05, 0.1) is 0 Å². The zero-order valence-corrected chi connectivity index (χ0v) is 15.9. The number of nitrogens with zero attached hydrogens (tertiary/aromatic N) is 2. The Morgan fingerprint density at radius 1 is 1.00 bits per heavy atom. The van der Waals surface area contributed by atoms with Crippen molar-refractivity contribution in [3.63, 3.8) is 0 Å². The average Bonchev–Trinajstić information content (AvgIpc) is 2.69. The number of nitrogens with one attached hydrogen (secondary N) is 2. The number of rotatable bonds is 6. The van der Waals surface area contributed by atoms with E-state index in [1.54, 1.807) is 12.3 Å². The number of aryl methyl sites for hydroxylation is 1. The number of benzene rings is 2. The van der Waals surface area contributed by atoms with Gasteiger partial charge in [-0.2, -0.15) is 0 Å². The van der Waals surface area contributed by atoms with E-state index in [0.29, 0.717) is 5.69 Å². The van der Waals surface area contributed by atoms with E-state index in [-0.39, 0.29) is 5.91 Å². The highest BCUT2D eigenvalue weighted by atomic mass is 16.1. The van der Waals surface area contributed by atoms with Gasteiger partial charge in [0.15, 0.2) is 0 Å². The maximum atomic E-state index is 12.5. The molecule has 5 nitrogen and oxygen atoms in total. The van der Waals surface area contributed by atoms with Crippen molar-refractivity contribution in [1.82, 2.24) is 4.98 Å². The van der Waals surface area contributed by atoms with Gasteiger partial charge in [0.2, 0.25) is 0 Å². The van der Waals surface area contributed by atoms with Gasteiger partial charge in [-0.25, -0.2) is 0 Å². The molecular weight excluding hydrogens is 336 g/mol. The third-order valence-electron chi connectivity index (χ3n) is 4.31. The Morgan fingerprint density at radius 3 is 2.44 bits per heavy atom. The summed E-state index contributed by atoms with van der Waals surface area (Å²) in [6, 6.07) is 19.4. The van der Waals surface area contributed by atoms with Crippen molar-refractivity contribution in [2.75, 3.05) is 29.6 Å². The van der Waals surface area contributed by atoms with E-state index in [1.165, 1.54) is 5.56 Å². The molecule has 0 saturated heterocycles. The quantitative estimate of drug-likeness (QED) is 0.669. The lowest BCUT2D eigenvalue weighted by atomic mass is 10.1. The second-order valence-electron chi connectivity index (χ2n) is 6.46. The highest BCUT2D eigenvalue weighted by Crippen LogP contribution is 2.22. The van der Waals surface area contributed by atoms with Gasteiger partial charge in [0.1, 0.15) is 5.69 Å². The van der Waals surface area contributed by atoms with Gasteiger partial charge in [0, 0.05) is 43.0 Å². The highest BCUT2D eigenvalue weighted by Gasteiger charge is 2.09. The zero-order chi connectivity index (χ0) is 19.2. The lowest BCUT2D eigenvalue weighted by molar-refractivity contribution is 0.102. The van der Waals surface area contributed by atoms with E-state index in [2.05, 4.69) is 28.6 Å². The summed E-state index contributed by atoms with van der Waals surface area (Å²) in [5.41, 5.74) is 5.27. The van der Waals surface area contributed by atoms with Crippen LogP contribution in [0.3, 0.4) is 0 Å². The fourth-order valence-electron chi connectivity index (χ4n) is 2.78. The second kappa shape index (κ2) is 8.36. The summed E-state index contributed by atoms with van der Waals surface area (Å²) in [7, 11) is 3.96. The van der Waals surface area contributed by atoms with Crippen molar-refractivity contribution < 1.29 is 4.79 Å². The second-order valence-corrected chi connectivity index (χ2v) is 6.46. The normalized spacial score (nSPS) is 10.3. The number of anilines is 4. The molecule has 138 valence electrons. The first kappa shape index (κ1) is 18.5. The fraction of sp³-hybridized carbons (Fsp3) is 0.182. The minimum atomic E-state index is -0.236. The van der Waals surface area contributed by atoms with E-state index < -0.39 is 0 Å². The summed E-state index contributed by atoms with van der Waals surface area (Å²) in [6.07, 6.45) is 2.57. The zero-order valence-electron chi connectivity index (χ0n) is 15.9. The molecule has 3 rings (SSSR count). The summed E-state index contributed by atoms with van der Waals surface area (Å²) in [6.45, 7) is 2.12. The third-order valence-corrected chi connectivity index (χ3v) is 4.31. The maximum absolute atomic E-state index is 12.5. The van der Waals surface area contributed by atoms with E-state index >= 15 is 0 Å². The molecule has 27 heavy (non-hydrogen) atoms. The lowest BCUT2D eigenvalue weighted by Crippen LogP contribution is -2.14. The summed E-state index contributed by atoms with van der Waals surface area (Å²) < 4.78 is 0. The Labute approximate surface area is 160 Å². The molecule has 0 unspecified atom stereocenters. The Kier molecular flexibility index (Phi) is 5.71. The highest BCUT2D eigenvalue weighted by molar-refractivity contribution is 6.03. The van der Waals surface area contributed by atoms with Crippen molar-refractivity contribution >= 4 is 28.7 Å². The summed E-state index contributed by atoms with van der Waals surface area (Å²) in [5, 5.41) is 6.27. The van der Waals surface area contributed by atoms with E-state index in [4.69, 9.17) is 0 Å². The monoisotopic (exact) mass is 360 g/mol. The number of pyridine rings is 1. The molecule has 0 aliphatic carbocycles. The topological polar surface area (TPSA) is 57.3 Å². The maximum Gasteiger partial charge on any atom is 0.274 e. The van der Waals surface area contributed by atoms with Crippen LogP contribution in [0, 0.1) is 0 Å². The predicted octanol–water partition coefficient (Wildman–Crippen LogP) is 4.71. The van der Waals surface area contributed by atoms with Crippen LogP contribution in [0.4, 0.5) is 22.7 Å². The van der Waals surface area contributed by atoms with Crippen LogP contribution in [0.2, 0.25) is 0 Å². The molecule has 0 saturated carbocycles. The fourth-order valence-corrected chi connectivity index (χ4v) is 2.78. The number of carbonyl (C=O) groups excluding carboxylic acids is 1. The number of hydrogen-bond donors (Lipinski definition) is 2. The molecule has 1 aromatic heterocycles. The van der Waals surface area contributed by atoms with Gasteiger partial charge in [-0.1, -0.05) is 25.1 Å². The van der Waals surface area contributed by atoms with Crippen LogP contribution in [0.1, 0.15) is 23.0 Å². The van der Waals surface area contributed by atoms with Crippen LogP contribution in [-0.2, 0) is 6.42 Å². The molecule has 0 radical (unpaired) electrons. The van der Waals surface area contributed by atoms with Crippen molar-refractivity contribution in [3.8, 4) is 0 Å². The largest absolute Gasteiger partial charge is 0.378 e. The predicted molar refractivity (Wildman–Crippen MR) is 112 cm³/mol. The molecule has 0 fully saturated rings. The van der Waals surface area contributed by atoms with E-state index in [0.717, 1.165) is 29.2 Å². The number of aromatic nitrogens is 1. The van der Waals surface area contributed by atoms with Crippen molar-refractivity contribution in [3.05, 3.63) is 78.1 Å². The molecule has 0 bridgehead atoms. The van der Waals surface area contributed by atoms with Crippen molar-refractivity contribution in [2.24, 2.45) is 0 Å². The van der Waals surface area contributed by atoms with E-state index in [9.17, 15) is 4.79 Å². The molecule has 0 spiro atoms. The van der Waals surface area contributed by atoms with Crippen LogP contribution >= 0.6 is 0 Å². The minimum Gasteiger partial charge on any atom is -0.378 e. The number of hydrogen-bond acceptors (Lipinski definition) is 4. The molecule has 2 aromatic carbocycles.